The predicted octanol–water partition coefficient (Wildman–Crippen LogP) is 3.25. The van der Waals surface area contributed by atoms with E-state index in [-0.39, 0.29) is 29.5 Å². The first kappa shape index (κ1) is 29.4. The molecule has 2 N–H and O–H groups in total. The molecule has 0 radical (unpaired) electrons. The molecule has 3 amide bonds. The molecule has 41 heavy (non-hydrogen) atoms. The van der Waals surface area contributed by atoms with Crippen LogP contribution in [0.2, 0.25) is 0 Å². The lowest BCUT2D eigenvalue weighted by atomic mass is 10.0. The Morgan fingerprint density at radius 1 is 1.15 bits per heavy atom. The van der Waals surface area contributed by atoms with E-state index in [2.05, 4.69) is 5.32 Å². The monoisotopic (exact) mass is 584 g/mol. The van der Waals surface area contributed by atoms with Crippen LogP contribution in [0, 0.1) is 10.1 Å². The van der Waals surface area contributed by atoms with Gasteiger partial charge in [-0.05, 0) is 50.6 Å². The van der Waals surface area contributed by atoms with Gasteiger partial charge in [-0.2, -0.15) is 0 Å². The highest BCUT2D eigenvalue weighted by molar-refractivity contribution is 8.00. The van der Waals surface area contributed by atoms with E-state index in [0.29, 0.717) is 11.3 Å². The molecule has 0 saturated carbocycles. The third-order valence-electron chi connectivity index (χ3n) is 5.96. The number of anilines is 1. The molecule has 2 atom stereocenters. The normalized spacial score (nSPS) is 18.1. The highest BCUT2D eigenvalue weighted by Gasteiger charge is 2.55. The van der Waals surface area contributed by atoms with Crippen molar-refractivity contribution in [2.75, 3.05) is 17.2 Å². The van der Waals surface area contributed by atoms with Crippen molar-refractivity contribution in [1.29, 1.82) is 0 Å². The molecular formula is C27H28N4O9S. The van der Waals surface area contributed by atoms with Gasteiger partial charge in [-0.3, -0.25) is 29.5 Å². The van der Waals surface area contributed by atoms with Crippen LogP contribution >= 0.6 is 11.8 Å². The number of nitrogens with one attached hydrogen (secondary N) is 1. The van der Waals surface area contributed by atoms with E-state index in [1.54, 1.807) is 51.1 Å². The summed E-state index contributed by atoms with van der Waals surface area (Å²) in [6.07, 6.45) is -0.738. The van der Waals surface area contributed by atoms with Gasteiger partial charge >= 0.3 is 12.1 Å². The largest absolute Gasteiger partial charge is 0.509 e. The minimum Gasteiger partial charge on any atom is -0.509 e. The molecule has 2 aliphatic heterocycles. The molecule has 0 bridgehead atoms. The molecule has 2 heterocycles. The van der Waals surface area contributed by atoms with Crippen LogP contribution in [-0.2, 0) is 30.5 Å². The highest BCUT2D eigenvalue weighted by Crippen LogP contribution is 2.40. The fourth-order valence-electron chi connectivity index (χ4n) is 4.07. The average Bonchev–Trinajstić information content (AvgIpc) is 2.92. The highest BCUT2D eigenvalue weighted by atomic mass is 32.2. The molecule has 1 unspecified atom stereocenters. The molecule has 2 aromatic carbocycles. The third-order valence-corrected chi connectivity index (χ3v) is 7.22. The van der Waals surface area contributed by atoms with E-state index < -0.39 is 52.4 Å². The Morgan fingerprint density at radius 2 is 1.80 bits per heavy atom. The minimum absolute atomic E-state index is 0.00314. The summed E-state index contributed by atoms with van der Waals surface area (Å²) >= 11 is 1.15. The second-order valence-corrected chi connectivity index (χ2v) is 11.3. The number of benzene rings is 2. The van der Waals surface area contributed by atoms with Gasteiger partial charge in [0.15, 0.2) is 5.70 Å². The van der Waals surface area contributed by atoms with Crippen molar-refractivity contribution < 1.29 is 38.7 Å². The number of rotatable bonds is 8. The Balaban J connectivity index is 1.40. The summed E-state index contributed by atoms with van der Waals surface area (Å²) in [6.45, 7) is 4.44. The number of nitro groups is 1. The number of β-lactam (4-membered cyclic amide) rings is 1. The van der Waals surface area contributed by atoms with Gasteiger partial charge in [-0.25, -0.2) is 9.59 Å². The molecule has 0 aromatic heterocycles. The second kappa shape index (κ2) is 11.9. The zero-order chi connectivity index (χ0) is 29.9. The molecule has 0 aliphatic carbocycles. The van der Waals surface area contributed by atoms with E-state index in [4.69, 9.17) is 9.47 Å². The van der Waals surface area contributed by atoms with Crippen molar-refractivity contribution in [2.45, 2.75) is 44.4 Å². The number of aliphatic hydroxyl groups is 1. The van der Waals surface area contributed by atoms with Crippen LogP contribution in [-0.4, -0.2) is 68.1 Å². The van der Waals surface area contributed by atoms with E-state index >= 15 is 0 Å². The summed E-state index contributed by atoms with van der Waals surface area (Å²) < 4.78 is 10.7. The number of hydrogen-bond donors (Lipinski definition) is 2. The lowest BCUT2D eigenvalue weighted by molar-refractivity contribution is -0.384. The predicted molar refractivity (Wildman–Crippen MR) is 148 cm³/mol. The van der Waals surface area contributed by atoms with Crippen molar-refractivity contribution in [1.82, 2.24) is 10.2 Å². The summed E-state index contributed by atoms with van der Waals surface area (Å²) in [5, 5.41) is 23.1. The molecule has 4 rings (SSSR count). The quantitative estimate of drug-likeness (QED) is 0.203. The van der Waals surface area contributed by atoms with Gasteiger partial charge in [-0.15, -0.1) is 11.8 Å². The summed E-state index contributed by atoms with van der Waals surface area (Å²) in [7, 11) is 0. The summed E-state index contributed by atoms with van der Waals surface area (Å²) in [5.41, 5.74) is -0.354. The zero-order valence-electron chi connectivity index (χ0n) is 22.4. The summed E-state index contributed by atoms with van der Waals surface area (Å²) in [4.78, 5) is 64.2. The van der Waals surface area contributed by atoms with Gasteiger partial charge in [0.25, 0.3) is 11.6 Å². The zero-order valence-corrected chi connectivity index (χ0v) is 23.3. The minimum atomic E-state index is -1.01. The molecule has 2 aromatic rings. The lowest BCUT2D eigenvalue weighted by Crippen LogP contribution is -2.71. The Bertz CT molecular complexity index is 1390. The molecule has 1 saturated heterocycles. The number of fused-ring (bicyclic) bond motifs is 1. The number of thioether (sulfide) groups is 1. The Labute approximate surface area is 239 Å². The van der Waals surface area contributed by atoms with Crippen LogP contribution in [0.1, 0.15) is 26.3 Å². The van der Waals surface area contributed by atoms with Crippen molar-refractivity contribution >= 4 is 47.0 Å². The van der Waals surface area contributed by atoms with Crippen LogP contribution < -0.4 is 10.2 Å². The van der Waals surface area contributed by atoms with Gasteiger partial charge < -0.3 is 19.9 Å². The summed E-state index contributed by atoms with van der Waals surface area (Å²) in [5.74, 6) is -2.56. The van der Waals surface area contributed by atoms with Crippen LogP contribution in [0.5, 0.6) is 0 Å². The van der Waals surface area contributed by atoms with E-state index in [0.717, 1.165) is 21.6 Å². The lowest BCUT2D eigenvalue weighted by Gasteiger charge is -2.48. The number of amides is 3. The summed E-state index contributed by atoms with van der Waals surface area (Å²) in [6, 6.07) is 12.8. The second-order valence-electron chi connectivity index (χ2n) is 10.2. The first-order chi connectivity index (χ1) is 19.4. The van der Waals surface area contributed by atoms with E-state index in [1.165, 1.54) is 24.3 Å². The van der Waals surface area contributed by atoms with Crippen molar-refractivity contribution in [3.63, 3.8) is 0 Å². The Hall–Kier alpha value is -4.59. The van der Waals surface area contributed by atoms with Crippen molar-refractivity contribution in [3.8, 4) is 0 Å². The molecular weight excluding hydrogens is 556 g/mol. The fraction of sp³-hybridized carbons (Fsp3) is 0.333. The average molecular weight is 585 g/mol. The number of carbonyl (C=O) groups is 4. The number of nitrogens with zero attached hydrogens (tertiary/aromatic N) is 3. The first-order valence-corrected chi connectivity index (χ1v) is 13.5. The number of hydrogen-bond acceptors (Lipinski definition) is 10. The molecule has 2 aliphatic rings. The third kappa shape index (κ3) is 6.77. The Kier molecular flexibility index (Phi) is 8.52. The number of nitro benzene ring substituents is 1. The number of esters is 1. The molecule has 216 valence electrons. The van der Waals surface area contributed by atoms with Crippen LogP contribution in [0.25, 0.3) is 0 Å². The standard InChI is InChI=1S/C27H28N4O9S/c1-27(2,3)40-26(36)29(17-7-5-4-6-8-17)13-20(33)28-21-23(34)30-22(19(32)15-41-24(21)30)25(35)39-14-16-9-11-18(12-10-16)31(37)38/h4-12,21,24,32H,13-15H2,1-3H3,(H,28,33)/t21?,24-/m0/s1. The smallest absolute Gasteiger partial charge is 0.415 e. The van der Waals surface area contributed by atoms with Crippen molar-refractivity contribution in [2.24, 2.45) is 0 Å². The van der Waals surface area contributed by atoms with Crippen LogP contribution in [0.3, 0.4) is 0 Å². The molecule has 13 nitrogen and oxygen atoms in total. The first-order valence-electron chi connectivity index (χ1n) is 12.5. The topological polar surface area (TPSA) is 169 Å². The van der Waals surface area contributed by atoms with Crippen LogP contribution in [0.15, 0.2) is 66.1 Å². The number of non-ortho nitro benzene ring substituents is 1. The van der Waals surface area contributed by atoms with Gasteiger partial charge in [0.2, 0.25) is 5.91 Å². The molecule has 14 heteroatoms. The SMILES string of the molecule is CC(C)(C)OC(=O)N(CC(=O)NC1C(=O)N2C(C(=O)OCc3ccc([N+](=O)[O-])cc3)=C(O)CS[C@@H]12)c1ccccc1. The number of carbonyl (C=O) groups excluding carboxylic acids is 4. The van der Waals surface area contributed by atoms with Crippen LogP contribution in [0.4, 0.5) is 16.2 Å². The molecule has 0 spiro atoms. The fourth-order valence-corrected chi connectivity index (χ4v) is 5.27. The van der Waals surface area contributed by atoms with Gasteiger partial charge in [0.1, 0.15) is 35.9 Å². The number of para-hydroxylation sites is 1. The van der Waals surface area contributed by atoms with E-state index in [1.807, 2.05) is 0 Å². The number of aliphatic hydroxyl groups excluding tert-OH is 1. The van der Waals surface area contributed by atoms with Gasteiger partial charge in [0.05, 0.1) is 10.7 Å². The van der Waals surface area contributed by atoms with Gasteiger partial charge in [-0.1, -0.05) is 18.2 Å². The van der Waals surface area contributed by atoms with Crippen molar-refractivity contribution in [3.05, 3.63) is 81.7 Å². The molecule has 1 fully saturated rings. The van der Waals surface area contributed by atoms with E-state index in [9.17, 15) is 34.4 Å². The van der Waals surface area contributed by atoms with Gasteiger partial charge in [0, 0.05) is 17.8 Å². The maximum Gasteiger partial charge on any atom is 0.415 e. The maximum atomic E-state index is 13.0. The Morgan fingerprint density at radius 3 is 2.41 bits per heavy atom. The number of ether oxygens (including phenoxy) is 2. The maximum absolute atomic E-state index is 13.0.